The van der Waals surface area contributed by atoms with Crippen LogP contribution >= 0.6 is 0 Å². The fourth-order valence-corrected chi connectivity index (χ4v) is 1.86. The van der Waals surface area contributed by atoms with E-state index in [0.29, 0.717) is 10.9 Å². The number of nitro benzene ring substituents is 1. The summed E-state index contributed by atoms with van der Waals surface area (Å²) >= 11 is 0. The van der Waals surface area contributed by atoms with Crippen LogP contribution in [-0.2, 0) is 9.63 Å². The molecule has 0 unspecified atom stereocenters. The van der Waals surface area contributed by atoms with Gasteiger partial charge in [0.05, 0.1) is 22.4 Å². The lowest BCUT2D eigenvalue weighted by atomic mass is 10.2. The molecule has 0 aliphatic heterocycles. The van der Waals surface area contributed by atoms with Crippen LogP contribution in [0.15, 0.2) is 30.3 Å². The molecule has 0 spiro atoms. The van der Waals surface area contributed by atoms with Gasteiger partial charge >= 0.3 is 5.97 Å². The highest BCUT2D eigenvalue weighted by atomic mass is 16.9. The van der Waals surface area contributed by atoms with Crippen molar-refractivity contribution in [1.82, 2.24) is 4.98 Å². The van der Waals surface area contributed by atoms with Gasteiger partial charge in [0.15, 0.2) is 0 Å². The molecule has 1 aromatic heterocycles. The number of carbonyl (C=O) groups is 1. The highest BCUT2D eigenvalue weighted by Crippen LogP contribution is 2.25. The summed E-state index contributed by atoms with van der Waals surface area (Å²) in [5, 5.41) is 20.2. The first-order valence-electron chi connectivity index (χ1n) is 6.49. The molecule has 0 amide bonds. The molecule has 10 nitrogen and oxygen atoms in total. The van der Waals surface area contributed by atoms with Gasteiger partial charge in [0.25, 0.3) is 10.8 Å². The normalized spacial score (nSPS) is 10.3. The Hall–Kier alpha value is -3.30. The van der Waals surface area contributed by atoms with Crippen LogP contribution in [0.4, 0.5) is 5.69 Å². The molecular weight excluding hydrogens is 310 g/mol. The summed E-state index contributed by atoms with van der Waals surface area (Å²) in [6.07, 6.45) is 0.0430. The van der Waals surface area contributed by atoms with Gasteiger partial charge in [0.2, 0.25) is 5.88 Å². The molecule has 23 heavy (non-hydrogen) atoms. The molecule has 0 atom stereocenters. The van der Waals surface area contributed by atoms with Crippen LogP contribution in [0.3, 0.4) is 0 Å². The molecule has 0 saturated heterocycles. The van der Waals surface area contributed by atoms with Gasteiger partial charge in [0.1, 0.15) is 0 Å². The number of ether oxygens (including phenoxy) is 1. The Balaban J connectivity index is 2.02. The molecule has 120 valence electrons. The van der Waals surface area contributed by atoms with Crippen molar-refractivity contribution < 1.29 is 24.4 Å². The number of fused-ring (bicyclic) bond motifs is 1. The van der Waals surface area contributed by atoms with E-state index in [9.17, 15) is 25.0 Å². The van der Waals surface area contributed by atoms with Gasteiger partial charge in [-0.2, -0.15) is 0 Å². The molecule has 0 radical (unpaired) electrons. The minimum atomic E-state index is -0.941. The highest BCUT2D eigenvalue weighted by Gasteiger charge is 2.13. The van der Waals surface area contributed by atoms with Crippen molar-refractivity contribution in [3.8, 4) is 5.88 Å². The number of benzene rings is 1. The first kappa shape index (κ1) is 16.1. The number of nitro groups is 1. The lowest BCUT2D eigenvalue weighted by Crippen LogP contribution is -2.11. The summed E-state index contributed by atoms with van der Waals surface area (Å²) in [5.74, 6) is -0.632. The third-order valence-corrected chi connectivity index (χ3v) is 2.82. The summed E-state index contributed by atoms with van der Waals surface area (Å²) in [4.78, 5) is 40.0. The smallest absolute Gasteiger partial charge is 0.312 e. The average molecular weight is 321 g/mol. The third-order valence-electron chi connectivity index (χ3n) is 2.82. The second-order valence-electron chi connectivity index (χ2n) is 4.38. The topological polar surface area (TPSA) is 135 Å². The molecular formula is C13H11N3O7. The Labute approximate surface area is 128 Å². The van der Waals surface area contributed by atoms with E-state index in [0.717, 1.165) is 0 Å². The van der Waals surface area contributed by atoms with Gasteiger partial charge in [-0.1, -0.05) is 6.07 Å². The number of pyridine rings is 1. The van der Waals surface area contributed by atoms with Gasteiger partial charge in [-0.05, 0) is 18.6 Å². The fraction of sp³-hybridized carbons (Fsp3) is 0.231. The summed E-state index contributed by atoms with van der Waals surface area (Å²) in [7, 11) is 0. The van der Waals surface area contributed by atoms with Gasteiger partial charge in [-0.15, -0.1) is 10.1 Å². The highest BCUT2D eigenvalue weighted by molar-refractivity contribution is 5.88. The molecule has 2 rings (SSSR count). The Morgan fingerprint density at radius 3 is 2.65 bits per heavy atom. The quantitative estimate of drug-likeness (QED) is 0.327. The van der Waals surface area contributed by atoms with Crippen molar-refractivity contribution in [3.63, 3.8) is 0 Å². The van der Waals surface area contributed by atoms with Crippen molar-refractivity contribution in [2.75, 3.05) is 6.61 Å². The first-order chi connectivity index (χ1) is 11.0. The third kappa shape index (κ3) is 4.33. The van der Waals surface area contributed by atoms with E-state index >= 15 is 0 Å². The number of rotatable bonds is 7. The first-order valence-corrected chi connectivity index (χ1v) is 6.49. The van der Waals surface area contributed by atoms with E-state index in [4.69, 9.17) is 4.74 Å². The largest absolute Gasteiger partial charge is 0.407 e. The molecule has 0 saturated carbocycles. The Bertz CT molecular complexity index is 762. The average Bonchev–Trinajstić information content (AvgIpc) is 2.50. The summed E-state index contributed by atoms with van der Waals surface area (Å²) < 4.78 is 4.98. The maximum atomic E-state index is 11.6. The van der Waals surface area contributed by atoms with Crippen molar-refractivity contribution in [1.29, 1.82) is 0 Å². The van der Waals surface area contributed by atoms with Crippen LogP contribution in [0.2, 0.25) is 0 Å². The van der Waals surface area contributed by atoms with Crippen LogP contribution < -0.4 is 4.74 Å². The van der Waals surface area contributed by atoms with E-state index in [1.54, 1.807) is 6.07 Å². The zero-order valence-corrected chi connectivity index (χ0v) is 11.7. The molecule has 10 heteroatoms. The standard InChI is InChI=1S/C13H11N3O7/c17-13(5-2-8-22-16(20)21)23-12-7-6-9-10(14-12)3-1-4-11(9)15(18)19/h1,3-4,6-7H,2,5,8H2. The maximum Gasteiger partial charge on any atom is 0.312 e. The lowest BCUT2D eigenvalue weighted by Gasteiger charge is -2.05. The van der Waals surface area contributed by atoms with Crippen LogP contribution in [-0.4, -0.2) is 27.6 Å². The second kappa shape index (κ2) is 7.11. The minimum absolute atomic E-state index is 0.00167. The van der Waals surface area contributed by atoms with Gasteiger partial charge < -0.3 is 9.57 Å². The van der Waals surface area contributed by atoms with Gasteiger partial charge in [-0.25, -0.2) is 4.98 Å². The number of non-ortho nitro benzene ring substituents is 1. The predicted molar refractivity (Wildman–Crippen MR) is 76.2 cm³/mol. The van der Waals surface area contributed by atoms with E-state index in [1.807, 2.05) is 0 Å². The summed E-state index contributed by atoms with van der Waals surface area (Å²) in [5.41, 5.74) is 0.228. The summed E-state index contributed by atoms with van der Waals surface area (Å²) in [6, 6.07) is 7.18. The zero-order valence-electron chi connectivity index (χ0n) is 11.7. The molecule has 2 aromatic rings. The van der Waals surface area contributed by atoms with Crippen LogP contribution in [0.5, 0.6) is 5.88 Å². The Morgan fingerprint density at radius 2 is 1.96 bits per heavy atom. The molecule has 0 aliphatic rings. The molecule has 0 aliphatic carbocycles. The Kier molecular flexibility index (Phi) is 4.97. The predicted octanol–water partition coefficient (Wildman–Crippen LogP) is 2.04. The lowest BCUT2D eigenvalue weighted by molar-refractivity contribution is -0.757. The van der Waals surface area contributed by atoms with Crippen molar-refractivity contribution in [3.05, 3.63) is 50.6 Å². The SMILES string of the molecule is O=C(CCCO[N+](=O)[O-])Oc1ccc2c([N+](=O)[O-])cccc2n1. The van der Waals surface area contributed by atoms with Crippen LogP contribution in [0.25, 0.3) is 10.9 Å². The van der Waals surface area contributed by atoms with E-state index in [-0.39, 0.29) is 31.0 Å². The molecule has 1 aromatic carbocycles. The van der Waals surface area contributed by atoms with Crippen molar-refractivity contribution in [2.24, 2.45) is 0 Å². The maximum absolute atomic E-state index is 11.6. The number of aromatic nitrogens is 1. The number of carbonyl (C=O) groups excluding carboxylic acids is 1. The number of esters is 1. The number of nitrogens with zero attached hydrogens (tertiary/aromatic N) is 3. The molecule has 0 bridgehead atoms. The zero-order chi connectivity index (χ0) is 16.8. The van der Waals surface area contributed by atoms with E-state index < -0.39 is 16.0 Å². The van der Waals surface area contributed by atoms with E-state index in [1.165, 1.54) is 24.3 Å². The van der Waals surface area contributed by atoms with Gasteiger partial charge in [-0.3, -0.25) is 14.9 Å². The van der Waals surface area contributed by atoms with Gasteiger partial charge in [0, 0.05) is 18.6 Å². The van der Waals surface area contributed by atoms with E-state index in [2.05, 4.69) is 9.82 Å². The number of hydrogen-bond acceptors (Lipinski definition) is 8. The second-order valence-corrected chi connectivity index (χ2v) is 4.38. The molecule has 0 fully saturated rings. The molecule has 0 N–H and O–H groups in total. The van der Waals surface area contributed by atoms with Crippen LogP contribution in [0.1, 0.15) is 12.8 Å². The van der Waals surface area contributed by atoms with Crippen LogP contribution in [0, 0.1) is 20.2 Å². The minimum Gasteiger partial charge on any atom is -0.407 e. The summed E-state index contributed by atoms with van der Waals surface area (Å²) in [6.45, 7) is -0.209. The fourth-order valence-electron chi connectivity index (χ4n) is 1.86. The van der Waals surface area contributed by atoms with Crippen molar-refractivity contribution in [2.45, 2.75) is 12.8 Å². The van der Waals surface area contributed by atoms with Crippen molar-refractivity contribution >= 4 is 22.6 Å². The Morgan fingerprint density at radius 1 is 1.17 bits per heavy atom. The number of hydrogen-bond donors (Lipinski definition) is 0. The monoisotopic (exact) mass is 321 g/mol. The molecule has 1 heterocycles.